The van der Waals surface area contributed by atoms with Gasteiger partial charge in [-0.2, -0.15) is 8.42 Å². The highest BCUT2D eigenvalue weighted by Gasteiger charge is 2.01. The molecule has 18 heavy (non-hydrogen) atoms. The van der Waals surface area contributed by atoms with E-state index < -0.39 is 10.4 Å². The number of rotatable bonds is 2. The van der Waals surface area contributed by atoms with E-state index in [9.17, 15) is 4.39 Å². The van der Waals surface area contributed by atoms with E-state index in [2.05, 4.69) is 0 Å². The van der Waals surface area contributed by atoms with Crippen LogP contribution in [0, 0.1) is 11.2 Å². The SMILES string of the molecule is CN(Cc1cccc(F)c1)C(=N)N.O=S(=O)(O)O. The summed E-state index contributed by atoms with van der Waals surface area (Å²) in [6.07, 6.45) is 0. The van der Waals surface area contributed by atoms with E-state index in [-0.39, 0.29) is 11.8 Å². The van der Waals surface area contributed by atoms with E-state index in [0.29, 0.717) is 6.54 Å². The van der Waals surface area contributed by atoms with Crippen molar-refractivity contribution in [2.24, 2.45) is 5.73 Å². The Morgan fingerprint density at radius 2 is 2.00 bits per heavy atom. The average Bonchev–Trinajstić information content (AvgIpc) is 2.14. The minimum Gasteiger partial charge on any atom is -0.370 e. The molecule has 0 saturated heterocycles. The van der Waals surface area contributed by atoms with Crippen molar-refractivity contribution < 1.29 is 21.9 Å². The Kier molecular flexibility index (Phi) is 6.23. The lowest BCUT2D eigenvalue weighted by molar-refractivity contribution is 0.381. The third-order valence-corrected chi connectivity index (χ3v) is 1.72. The third kappa shape index (κ3) is 9.51. The van der Waals surface area contributed by atoms with E-state index in [1.165, 1.54) is 17.0 Å². The van der Waals surface area contributed by atoms with Crippen molar-refractivity contribution in [3.8, 4) is 0 Å². The Bertz CT molecular complexity index is 498. The molecule has 1 aromatic rings. The molecule has 0 unspecified atom stereocenters. The Hall–Kier alpha value is -1.71. The van der Waals surface area contributed by atoms with Crippen molar-refractivity contribution >= 4 is 16.4 Å². The monoisotopic (exact) mass is 279 g/mol. The number of guanidine groups is 1. The van der Waals surface area contributed by atoms with Gasteiger partial charge in [0, 0.05) is 13.6 Å². The van der Waals surface area contributed by atoms with E-state index in [4.69, 9.17) is 28.7 Å². The van der Waals surface area contributed by atoms with Crippen LogP contribution in [0.25, 0.3) is 0 Å². The molecule has 0 spiro atoms. The highest BCUT2D eigenvalue weighted by Crippen LogP contribution is 2.05. The quantitative estimate of drug-likeness (QED) is 0.354. The summed E-state index contributed by atoms with van der Waals surface area (Å²) in [7, 11) is -2.98. The zero-order valence-corrected chi connectivity index (χ0v) is 10.4. The Balaban J connectivity index is 0.000000494. The molecule has 0 fully saturated rings. The number of benzene rings is 1. The highest BCUT2D eigenvalue weighted by molar-refractivity contribution is 7.79. The molecule has 0 amide bonds. The Labute approximate surface area is 104 Å². The number of nitrogens with two attached hydrogens (primary N) is 1. The fraction of sp³-hybridized carbons (Fsp3) is 0.222. The molecular weight excluding hydrogens is 265 g/mol. The molecule has 7 nitrogen and oxygen atoms in total. The zero-order chi connectivity index (χ0) is 14.3. The molecule has 5 N–H and O–H groups in total. The number of nitrogens with zero attached hydrogens (tertiary/aromatic N) is 1. The first-order valence-electron chi connectivity index (χ1n) is 4.59. The summed E-state index contributed by atoms with van der Waals surface area (Å²) in [5.41, 5.74) is 6.04. The molecule has 0 aliphatic rings. The van der Waals surface area contributed by atoms with E-state index in [1.54, 1.807) is 19.2 Å². The van der Waals surface area contributed by atoms with Gasteiger partial charge in [-0.3, -0.25) is 14.5 Å². The second-order valence-electron chi connectivity index (χ2n) is 3.32. The first-order valence-corrected chi connectivity index (χ1v) is 5.99. The zero-order valence-electron chi connectivity index (χ0n) is 9.54. The van der Waals surface area contributed by atoms with Gasteiger partial charge < -0.3 is 10.6 Å². The van der Waals surface area contributed by atoms with Crippen molar-refractivity contribution in [3.05, 3.63) is 35.6 Å². The molecule has 1 rings (SSSR count). The predicted molar refractivity (Wildman–Crippen MR) is 64.0 cm³/mol. The molecule has 1 aromatic carbocycles. The van der Waals surface area contributed by atoms with E-state index >= 15 is 0 Å². The summed E-state index contributed by atoms with van der Waals surface area (Å²) in [6.45, 7) is 0.451. The van der Waals surface area contributed by atoms with Crippen LogP contribution >= 0.6 is 0 Å². The fourth-order valence-corrected chi connectivity index (χ4v) is 0.994. The van der Waals surface area contributed by atoms with Crippen molar-refractivity contribution in [2.75, 3.05) is 7.05 Å². The van der Waals surface area contributed by atoms with Crippen LogP contribution in [0.15, 0.2) is 24.3 Å². The van der Waals surface area contributed by atoms with Crippen LogP contribution in [-0.2, 0) is 16.9 Å². The molecule has 0 radical (unpaired) electrons. The van der Waals surface area contributed by atoms with Gasteiger partial charge in [0.15, 0.2) is 5.96 Å². The van der Waals surface area contributed by atoms with Gasteiger partial charge in [-0.05, 0) is 17.7 Å². The maximum absolute atomic E-state index is 12.7. The first kappa shape index (κ1) is 16.3. The normalized spacial score (nSPS) is 10.2. The Morgan fingerprint density at radius 1 is 1.50 bits per heavy atom. The van der Waals surface area contributed by atoms with Crippen LogP contribution in [0.2, 0.25) is 0 Å². The summed E-state index contributed by atoms with van der Waals surface area (Å²) < 4.78 is 44.3. The molecule has 0 atom stereocenters. The number of halogens is 1. The minimum atomic E-state index is -4.67. The molecule has 0 aromatic heterocycles. The van der Waals surface area contributed by atoms with Gasteiger partial charge in [0.05, 0.1) is 0 Å². The van der Waals surface area contributed by atoms with Crippen LogP contribution in [0.3, 0.4) is 0 Å². The van der Waals surface area contributed by atoms with Gasteiger partial charge in [-0.1, -0.05) is 12.1 Å². The molecule has 0 aliphatic carbocycles. The van der Waals surface area contributed by atoms with Crippen molar-refractivity contribution in [2.45, 2.75) is 6.54 Å². The lowest BCUT2D eigenvalue weighted by atomic mass is 10.2. The van der Waals surface area contributed by atoms with Gasteiger partial charge in [0.2, 0.25) is 0 Å². The average molecular weight is 279 g/mol. The van der Waals surface area contributed by atoms with Gasteiger partial charge >= 0.3 is 10.4 Å². The largest absolute Gasteiger partial charge is 0.394 e. The third-order valence-electron chi connectivity index (χ3n) is 1.72. The van der Waals surface area contributed by atoms with Crippen molar-refractivity contribution in [3.63, 3.8) is 0 Å². The minimum absolute atomic E-state index is 0.0238. The molecule has 0 saturated carbocycles. The second-order valence-corrected chi connectivity index (χ2v) is 4.21. The lowest BCUT2D eigenvalue weighted by Gasteiger charge is -2.16. The maximum atomic E-state index is 12.7. The smallest absolute Gasteiger partial charge is 0.370 e. The van der Waals surface area contributed by atoms with E-state index in [0.717, 1.165) is 5.56 Å². The van der Waals surface area contributed by atoms with E-state index in [1.807, 2.05) is 0 Å². The fourth-order valence-electron chi connectivity index (χ4n) is 0.994. The van der Waals surface area contributed by atoms with Crippen LogP contribution in [0.4, 0.5) is 4.39 Å². The van der Waals surface area contributed by atoms with Gasteiger partial charge in [-0.25, -0.2) is 4.39 Å². The van der Waals surface area contributed by atoms with Gasteiger partial charge in [0.25, 0.3) is 0 Å². The van der Waals surface area contributed by atoms with Crippen LogP contribution < -0.4 is 5.73 Å². The molecular formula is C9H14FN3O4S. The van der Waals surface area contributed by atoms with Crippen LogP contribution in [-0.4, -0.2) is 35.4 Å². The van der Waals surface area contributed by atoms with Crippen molar-refractivity contribution in [1.29, 1.82) is 5.41 Å². The summed E-state index contributed by atoms with van der Waals surface area (Å²) >= 11 is 0. The first-order chi connectivity index (χ1) is 8.09. The van der Waals surface area contributed by atoms with Crippen LogP contribution in [0.5, 0.6) is 0 Å². The van der Waals surface area contributed by atoms with Crippen LogP contribution in [0.1, 0.15) is 5.56 Å². The molecule has 0 bridgehead atoms. The number of hydrogen-bond donors (Lipinski definition) is 4. The molecule has 102 valence electrons. The molecule has 9 heteroatoms. The second kappa shape index (κ2) is 6.89. The lowest BCUT2D eigenvalue weighted by Crippen LogP contribution is -2.32. The standard InChI is InChI=1S/C9H12FN3.H2O4S/c1-13(9(11)12)6-7-3-2-4-8(10)5-7;1-5(2,3)4/h2-5H,6H2,1H3,(H3,11,12);(H2,1,2,3,4). The number of hydrogen-bond acceptors (Lipinski definition) is 3. The Morgan fingerprint density at radius 3 is 2.39 bits per heavy atom. The number of nitrogens with one attached hydrogen (secondary N) is 1. The summed E-state index contributed by atoms with van der Waals surface area (Å²) in [5, 5.41) is 7.11. The summed E-state index contributed by atoms with van der Waals surface area (Å²) in [6, 6.07) is 6.25. The molecule has 0 aliphatic heterocycles. The van der Waals surface area contributed by atoms with Crippen molar-refractivity contribution in [1.82, 2.24) is 4.90 Å². The topological polar surface area (TPSA) is 128 Å². The maximum Gasteiger partial charge on any atom is 0.394 e. The van der Waals surface area contributed by atoms with Gasteiger partial charge in [-0.15, -0.1) is 0 Å². The van der Waals surface area contributed by atoms with Gasteiger partial charge in [0.1, 0.15) is 5.82 Å². The molecule has 0 heterocycles. The summed E-state index contributed by atoms with van der Waals surface area (Å²) in [4.78, 5) is 1.54. The predicted octanol–water partition coefficient (Wildman–Crippen LogP) is 0.498. The highest BCUT2D eigenvalue weighted by atomic mass is 32.3. The summed E-state index contributed by atoms with van der Waals surface area (Å²) in [5.74, 6) is -0.293.